The molecule has 112 heavy (non-hydrogen) atoms. The van der Waals surface area contributed by atoms with Gasteiger partial charge in [0.15, 0.2) is 23.0 Å². The lowest BCUT2D eigenvalue weighted by molar-refractivity contribution is 0.470. The topological polar surface area (TPSA) is 800 Å². The van der Waals surface area contributed by atoms with Crippen LogP contribution in [0.15, 0.2) is 166 Å². The maximum atomic E-state index is 13.2. The number of aromatic nitrogens is 6. The van der Waals surface area contributed by atoms with Crippen molar-refractivity contribution < 1.29 is 150 Å². The second-order valence-electron chi connectivity index (χ2n) is 22.1. The number of hydrogen-bond acceptors (Lipinski definition) is 38. The fourth-order valence-corrected chi connectivity index (χ4v) is 17.4. The molecule has 11 aromatic rings. The van der Waals surface area contributed by atoms with Crippen LogP contribution in [0.5, 0.6) is 23.0 Å². The Bertz CT molecular complexity index is 6970. The Morgan fingerprint density at radius 1 is 0.277 bits per heavy atom. The number of halogens is 2. The lowest BCUT2D eigenvalue weighted by atomic mass is 10.1. The van der Waals surface area contributed by atoms with Gasteiger partial charge in [-0.3, -0.25) is 45.5 Å². The highest BCUT2D eigenvalue weighted by molar-refractivity contribution is 7.88. The number of phenolic OH excluding ortho intramolecular Hbond substituents is 4. The molecular formula is C52H34Cl2N14O34S10. The van der Waals surface area contributed by atoms with Crippen LogP contribution in [-0.2, 0) is 101 Å². The quantitative estimate of drug-likeness (QED) is 0.0238. The van der Waals surface area contributed by atoms with E-state index in [0.29, 0.717) is 60.7 Å². The van der Waals surface area contributed by atoms with Crippen LogP contribution in [0.2, 0.25) is 10.6 Å². The molecule has 18 N–H and O–H groups in total. The summed E-state index contributed by atoms with van der Waals surface area (Å²) in [6.45, 7) is 0. The predicted molar refractivity (Wildman–Crippen MR) is 378 cm³/mol. The number of nitrogens with zero attached hydrogens (tertiary/aromatic N) is 10. The smallest absolute Gasteiger partial charge is 0.296 e. The van der Waals surface area contributed by atoms with Crippen molar-refractivity contribution in [1.82, 2.24) is 29.9 Å². The molecule has 9 aromatic carbocycles. The van der Waals surface area contributed by atoms with Crippen LogP contribution in [0.1, 0.15) is 0 Å². The van der Waals surface area contributed by atoms with Gasteiger partial charge in [-0.1, -0.05) is 24.3 Å². The molecule has 0 spiro atoms. The van der Waals surface area contributed by atoms with Gasteiger partial charge in [0.05, 0.1) is 32.5 Å². The second kappa shape index (κ2) is 28.2. The third kappa shape index (κ3) is 16.8. The number of azo groups is 2. The van der Waals surface area contributed by atoms with Gasteiger partial charge in [0.1, 0.15) is 61.9 Å². The molecule has 0 aliphatic carbocycles. The summed E-state index contributed by atoms with van der Waals surface area (Å²) in [7, 11) is -55.6. The van der Waals surface area contributed by atoms with Gasteiger partial charge in [0.2, 0.25) is 34.4 Å². The summed E-state index contributed by atoms with van der Waals surface area (Å²) in [5.74, 6) is -9.81. The van der Waals surface area contributed by atoms with Crippen molar-refractivity contribution >= 4 is 237 Å². The third-order valence-corrected chi connectivity index (χ3v) is 24.0. The van der Waals surface area contributed by atoms with Gasteiger partial charge in [-0.05, 0) is 107 Å². The van der Waals surface area contributed by atoms with Crippen molar-refractivity contribution in [1.29, 1.82) is 0 Å². The minimum atomic E-state index is -5.78. The SMILES string of the molecule is O=S(=O)(O)c1cc(Nc2nc(Cl)nc(Nc3cc(S(=O)(=O)O)c(Nc4nc(Cl)nc(Nc5cc(S(=O)(=O)O)cc6cc(S(=O)(=O)O)c(N=Nc7cc(S(=O)(=O)O)c8cccc(S(=O)(=O)O)c8c7O)c(O)c56)n4)cc3S(=O)(=O)O)n2)c2c(O)c(N=Nc3cc(S(=O)(=O)O)c4cccc(S(=O)(=O)O)c4c3O)c(S(=O)(=O)O)cc2c1. The van der Waals surface area contributed by atoms with E-state index < -0.39 is 296 Å². The number of anilines is 8. The monoisotopic (exact) mass is 1790 g/mol. The normalized spacial score (nSPS) is 13.2. The van der Waals surface area contributed by atoms with Crippen LogP contribution in [0, 0.1) is 0 Å². The van der Waals surface area contributed by atoms with Gasteiger partial charge >= 0.3 is 0 Å². The first-order valence-electron chi connectivity index (χ1n) is 28.2. The molecule has 0 bridgehead atoms. The number of aromatic hydroxyl groups is 4. The Labute approximate surface area is 633 Å². The molecule has 0 unspecified atom stereocenters. The van der Waals surface area contributed by atoms with Gasteiger partial charge < -0.3 is 41.7 Å². The van der Waals surface area contributed by atoms with Crippen LogP contribution in [-0.4, -0.2) is 180 Å². The number of benzene rings is 9. The average molecular weight is 1790 g/mol. The van der Waals surface area contributed by atoms with E-state index >= 15 is 0 Å². The second-order valence-corrected chi connectivity index (χ2v) is 36.8. The lowest BCUT2D eigenvalue weighted by Crippen LogP contribution is -2.12. The molecule has 0 aliphatic heterocycles. The van der Waals surface area contributed by atoms with Gasteiger partial charge in [-0.2, -0.15) is 114 Å². The number of fused-ring (bicyclic) bond motifs is 4. The molecule has 48 nitrogen and oxygen atoms in total. The zero-order chi connectivity index (χ0) is 83.0. The Balaban J connectivity index is 0.989. The largest absolute Gasteiger partial charge is 0.505 e. The standard InChI is InChI=1S/C52H34Cl2N14O34S10/c53-47-59-49(63-51(61-47)57-25-11-19(103(73,74)75)7-17-9-35(111(97,98)99)41(45(71)37(17)25)67-65-27-15-31(107(85,86)87)21-3-1-5-29(105(79,80)81)39(21)43(27)69)55-23-13-34(110(94,95)96)24(14-33(23)109(91,92)93)56-50-60-48(54)62-52(64-50)58-26-12-20(104(76,77)78)8-18-10-36(112(100,101)102)42(46(72)38(18)26)68-66-28-16-32(108(88,89)90)22-4-2-6-30(106(82,83)84)40(22)44(28)70/h1-16,69-72H,(H,73,74,75)(H,76,77,78)(H,79,80,81)(H,82,83,84)(H,85,86,87)(H,88,89,90)(H,91,92,93)(H,94,95,96)(H,97,98,99)(H,100,101,102)(H2,55,57,59,61,63)(H2,56,58,60,62,64). The molecular weight excluding hydrogens is 1760 g/mol. The summed E-state index contributed by atoms with van der Waals surface area (Å²) in [5, 5.41) is 60.2. The summed E-state index contributed by atoms with van der Waals surface area (Å²) in [6, 6.07) is 8.46. The highest BCUT2D eigenvalue weighted by atomic mass is 35.5. The van der Waals surface area contributed by atoms with E-state index in [-0.39, 0.29) is 12.1 Å². The zero-order valence-electron chi connectivity index (χ0n) is 53.0. The Kier molecular flexibility index (Phi) is 20.7. The highest BCUT2D eigenvalue weighted by Crippen LogP contribution is 2.51. The van der Waals surface area contributed by atoms with Crippen LogP contribution in [0.4, 0.5) is 69.3 Å². The minimum Gasteiger partial charge on any atom is -0.505 e. The van der Waals surface area contributed by atoms with E-state index in [1.807, 2.05) is 0 Å². The van der Waals surface area contributed by atoms with E-state index in [1.165, 1.54) is 0 Å². The van der Waals surface area contributed by atoms with Gasteiger partial charge in [0.25, 0.3) is 101 Å². The van der Waals surface area contributed by atoms with Crippen molar-refractivity contribution in [3.63, 3.8) is 0 Å². The summed E-state index contributed by atoms with van der Waals surface area (Å²) in [6.07, 6.45) is 0. The summed E-state index contributed by atoms with van der Waals surface area (Å²) in [5.41, 5.74) is -9.28. The lowest BCUT2D eigenvalue weighted by Gasteiger charge is -2.17. The number of nitrogens with one attached hydrogen (secondary N) is 4. The predicted octanol–water partition coefficient (Wildman–Crippen LogP) is 7.07. The average Bonchev–Trinajstić information content (AvgIpc) is 0.755. The van der Waals surface area contributed by atoms with Gasteiger partial charge in [-0.15, -0.1) is 20.5 Å². The molecule has 2 aromatic heterocycles. The summed E-state index contributed by atoms with van der Waals surface area (Å²) < 4.78 is 358. The maximum Gasteiger partial charge on any atom is 0.296 e. The van der Waals surface area contributed by atoms with Gasteiger partial charge in [-0.25, -0.2) is 0 Å². The molecule has 0 fully saturated rings. The highest BCUT2D eigenvalue weighted by Gasteiger charge is 2.34. The molecule has 0 amide bonds. The zero-order valence-corrected chi connectivity index (χ0v) is 62.7. The van der Waals surface area contributed by atoms with E-state index in [0.717, 1.165) is 24.3 Å². The van der Waals surface area contributed by atoms with E-state index in [4.69, 9.17) is 23.2 Å². The molecule has 11 rings (SSSR count). The third-order valence-electron chi connectivity index (χ3n) is 14.9. The Morgan fingerprint density at radius 2 is 0.562 bits per heavy atom. The fourth-order valence-electron chi connectivity index (χ4n) is 10.6. The van der Waals surface area contributed by atoms with Crippen molar-refractivity contribution in [3.05, 3.63) is 108 Å². The van der Waals surface area contributed by atoms with Crippen LogP contribution >= 0.6 is 23.2 Å². The maximum absolute atomic E-state index is 13.2. The van der Waals surface area contributed by atoms with E-state index in [2.05, 4.69) is 71.6 Å². The van der Waals surface area contributed by atoms with E-state index in [1.54, 1.807) is 0 Å². The van der Waals surface area contributed by atoms with Gasteiger partial charge in [0, 0.05) is 32.3 Å². The molecule has 0 saturated carbocycles. The number of rotatable bonds is 22. The number of phenols is 4. The number of hydrogen-bond donors (Lipinski definition) is 18. The summed E-state index contributed by atoms with van der Waals surface area (Å²) in [4.78, 5) is 9.53. The van der Waals surface area contributed by atoms with Crippen LogP contribution < -0.4 is 21.3 Å². The van der Waals surface area contributed by atoms with Crippen LogP contribution in [0.3, 0.4) is 0 Å². The first-order chi connectivity index (χ1) is 51.3. The molecule has 0 atom stereocenters. The molecule has 590 valence electrons. The Hall–Kier alpha value is -10.7. The first-order valence-corrected chi connectivity index (χ1v) is 43.4. The van der Waals surface area contributed by atoms with Crippen molar-refractivity contribution in [2.45, 2.75) is 49.0 Å². The van der Waals surface area contributed by atoms with Crippen LogP contribution in [0.25, 0.3) is 43.1 Å². The van der Waals surface area contributed by atoms with Crippen molar-refractivity contribution in [3.8, 4) is 23.0 Å². The molecule has 60 heteroatoms. The molecule has 0 aliphatic rings. The first kappa shape index (κ1) is 82.3. The Morgan fingerprint density at radius 3 is 0.839 bits per heavy atom. The summed E-state index contributed by atoms with van der Waals surface area (Å²) >= 11 is 12.4. The van der Waals surface area contributed by atoms with Crippen molar-refractivity contribution in [2.24, 2.45) is 20.5 Å². The molecule has 2 heterocycles. The van der Waals surface area contributed by atoms with E-state index in [9.17, 15) is 150 Å². The molecule has 0 radical (unpaired) electrons. The molecule has 0 saturated heterocycles. The van der Waals surface area contributed by atoms with Crippen molar-refractivity contribution in [2.75, 3.05) is 21.3 Å². The fraction of sp³-hybridized carbons (Fsp3) is 0. The minimum absolute atomic E-state index is 0.225.